The molecule has 0 bridgehead atoms. The van der Waals surface area contributed by atoms with Crippen molar-refractivity contribution in [3.63, 3.8) is 0 Å². The summed E-state index contributed by atoms with van der Waals surface area (Å²) in [6.45, 7) is 5.86. The van der Waals surface area contributed by atoms with E-state index in [0.29, 0.717) is 6.47 Å². The van der Waals surface area contributed by atoms with Crippen LogP contribution in [0.25, 0.3) is 0 Å². The van der Waals surface area contributed by atoms with Crippen LogP contribution < -0.4 is 0 Å². The molecule has 3 radical (unpaired) electrons. The van der Waals surface area contributed by atoms with Crippen LogP contribution in [0.1, 0.15) is 40.0 Å². The van der Waals surface area contributed by atoms with Gasteiger partial charge in [-0.2, -0.15) is 0 Å². The average molecular weight is 237 g/mol. The number of unbranched alkanes of at least 4 members (excludes halogenated alkanes) is 2. The van der Waals surface area contributed by atoms with E-state index in [4.69, 9.17) is 0 Å². The second kappa shape index (κ2) is 9.07. The zero-order chi connectivity index (χ0) is 13.1. The van der Waals surface area contributed by atoms with Gasteiger partial charge < -0.3 is 9.84 Å². The average Bonchev–Trinajstić information content (AvgIpc) is 2.24. The highest BCUT2D eigenvalue weighted by Gasteiger charge is 2.17. The predicted octanol–water partition coefficient (Wildman–Crippen LogP) is 2.11. The smallest absolute Gasteiger partial charge is 0.293 e. The summed E-state index contributed by atoms with van der Waals surface area (Å²) in [7, 11) is 0. The van der Waals surface area contributed by atoms with Gasteiger partial charge in [-0.25, -0.2) is 0 Å². The van der Waals surface area contributed by atoms with Gasteiger partial charge >= 0.3 is 0 Å². The number of aliphatic hydroxyl groups is 1. The molecule has 3 heteroatoms. The molecule has 0 aliphatic rings. The maximum absolute atomic E-state index is 10.0. The maximum atomic E-state index is 10.0. The number of hydrogen-bond donors (Lipinski definition) is 1. The third kappa shape index (κ3) is 9.89. The first-order chi connectivity index (χ1) is 8.02. The highest BCUT2D eigenvalue weighted by Crippen LogP contribution is 2.11. The van der Waals surface area contributed by atoms with E-state index in [-0.39, 0.29) is 6.10 Å². The topological polar surface area (TPSA) is 46.5 Å². The number of carbonyl (C=O) groups is 1. The fourth-order valence-corrected chi connectivity index (χ4v) is 1.08. The van der Waals surface area contributed by atoms with E-state index in [1.165, 1.54) is 0 Å². The van der Waals surface area contributed by atoms with Gasteiger partial charge in [0.25, 0.3) is 6.47 Å². The fourth-order valence-electron chi connectivity index (χ4n) is 1.08. The van der Waals surface area contributed by atoms with E-state index in [1.54, 1.807) is 33.1 Å². The van der Waals surface area contributed by atoms with Gasteiger partial charge in [0.1, 0.15) is 11.7 Å². The van der Waals surface area contributed by atoms with Crippen LogP contribution in [0.5, 0.6) is 0 Å². The number of rotatable bonds is 8. The van der Waals surface area contributed by atoms with Gasteiger partial charge in [0.2, 0.25) is 0 Å². The molecule has 0 aromatic heterocycles. The van der Waals surface area contributed by atoms with Crippen LogP contribution in [0.2, 0.25) is 0 Å². The summed E-state index contributed by atoms with van der Waals surface area (Å²) < 4.78 is 4.66. The summed E-state index contributed by atoms with van der Waals surface area (Å²) in [5, 5.41) is 9.87. The third-order valence-electron chi connectivity index (χ3n) is 2.07. The SMILES string of the molecule is CCCCC#C[C@@](C)(O)[CH][CH][CH][C@@H](C)OC=O. The standard InChI is InChI=1S/C14H21O3/c1-4-5-6-7-10-14(3,16)11-8-9-13(2)17-12-15/h8-9,11-13,16H,4-6H2,1-3H3/t13-,14-/m1/s1. The lowest BCUT2D eigenvalue weighted by atomic mass is 9.98. The van der Waals surface area contributed by atoms with Gasteiger partial charge in [-0.1, -0.05) is 19.3 Å². The highest BCUT2D eigenvalue weighted by atomic mass is 16.5. The van der Waals surface area contributed by atoms with Gasteiger partial charge in [-0.3, -0.25) is 4.79 Å². The number of carbonyl (C=O) groups excluding carboxylic acids is 1. The van der Waals surface area contributed by atoms with Crippen molar-refractivity contribution in [3.05, 3.63) is 19.3 Å². The summed E-state index contributed by atoms with van der Waals surface area (Å²) >= 11 is 0. The zero-order valence-electron chi connectivity index (χ0n) is 10.8. The first-order valence-electron chi connectivity index (χ1n) is 5.86. The zero-order valence-corrected chi connectivity index (χ0v) is 10.8. The molecule has 0 heterocycles. The summed E-state index contributed by atoms with van der Waals surface area (Å²) in [6, 6.07) is 0. The summed E-state index contributed by atoms with van der Waals surface area (Å²) in [4.78, 5) is 10.0. The van der Waals surface area contributed by atoms with Crippen molar-refractivity contribution in [2.24, 2.45) is 0 Å². The normalized spacial score (nSPS) is 15.3. The first-order valence-corrected chi connectivity index (χ1v) is 5.86. The Kier molecular flexibility index (Phi) is 8.53. The number of ether oxygens (including phenoxy) is 1. The van der Waals surface area contributed by atoms with Gasteiger partial charge in [0.05, 0.1) is 0 Å². The van der Waals surface area contributed by atoms with Crippen molar-refractivity contribution in [2.45, 2.75) is 51.7 Å². The van der Waals surface area contributed by atoms with Crippen LogP contribution in [0.4, 0.5) is 0 Å². The molecule has 0 amide bonds. The van der Waals surface area contributed by atoms with Crippen LogP contribution >= 0.6 is 0 Å². The van der Waals surface area contributed by atoms with Gasteiger partial charge in [-0.15, -0.1) is 5.92 Å². The molecule has 0 spiro atoms. The van der Waals surface area contributed by atoms with Crippen molar-refractivity contribution >= 4 is 6.47 Å². The first kappa shape index (κ1) is 16.0. The highest BCUT2D eigenvalue weighted by molar-refractivity contribution is 5.38. The molecule has 2 atom stereocenters. The molecule has 0 aromatic rings. The fraction of sp³-hybridized carbons (Fsp3) is 0.571. The molecule has 3 nitrogen and oxygen atoms in total. The predicted molar refractivity (Wildman–Crippen MR) is 67.4 cm³/mol. The minimum atomic E-state index is -1.13. The van der Waals surface area contributed by atoms with Gasteiger partial charge in [0.15, 0.2) is 0 Å². The Labute approximate surface area is 105 Å². The molecule has 0 unspecified atom stereocenters. The molecule has 17 heavy (non-hydrogen) atoms. The van der Waals surface area contributed by atoms with Crippen molar-refractivity contribution in [3.8, 4) is 11.8 Å². The van der Waals surface area contributed by atoms with Crippen LogP contribution in [0, 0.1) is 31.1 Å². The summed E-state index contributed by atoms with van der Waals surface area (Å²) in [6.07, 6.45) is 7.56. The second-order valence-electron chi connectivity index (χ2n) is 4.04. The van der Waals surface area contributed by atoms with E-state index in [2.05, 4.69) is 23.5 Å². The Balaban J connectivity index is 3.82. The van der Waals surface area contributed by atoms with Gasteiger partial charge in [0, 0.05) is 19.3 Å². The lowest BCUT2D eigenvalue weighted by Crippen LogP contribution is -2.23. The van der Waals surface area contributed by atoms with Crippen LogP contribution in [0.3, 0.4) is 0 Å². The molecule has 0 aliphatic heterocycles. The molecule has 0 saturated carbocycles. The van der Waals surface area contributed by atoms with Gasteiger partial charge in [-0.05, 0) is 26.7 Å². The largest absolute Gasteiger partial charge is 0.465 e. The Hall–Kier alpha value is -1.01. The van der Waals surface area contributed by atoms with Crippen LogP contribution in [0.15, 0.2) is 0 Å². The van der Waals surface area contributed by atoms with Crippen molar-refractivity contribution < 1.29 is 14.6 Å². The lowest BCUT2D eigenvalue weighted by Gasteiger charge is -2.16. The molecule has 0 aliphatic carbocycles. The maximum Gasteiger partial charge on any atom is 0.293 e. The van der Waals surface area contributed by atoms with E-state index in [0.717, 1.165) is 19.3 Å². The molecular weight excluding hydrogens is 216 g/mol. The van der Waals surface area contributed by atoms with Crippen molar-refractivity contribution in [1.82, 2.24) is 0 Å². The lowest BCUT2D eigenvalue weighted by molar-refractivity contribution is -0.131. The molecule has 0 saturated heterocycles. The van der Waals surface area contributed by atoms with E-state index in [9.17, 15) is 9.90 Å². The molecule has 95 valence electrons. The minimum Gasteiger partial charge on any atom is -0.465 e. The molecule has 0 aromatic carbocycles. The Morgan fingerprint density at radius 2 is 2.24 bits per heavy atom. The van der Waals surface area contributed by atoms with E-state index < -0.39 is 5.60 Å². The Bertz CT molecular complexity index is 260. The van der Waals surface area contributed by atoms with E-state index in [1.807, 2.05) is 0 Å². The molecule has 1 N–H and O–H groups in total. The molecule has 0 rings (SSSR count). The number of hydrogen-bond acceptors (Lipinski definition) is 3. The Morgan fingerprint density at radius 1 is 1.53 bits per heavy atom. The third-order valence-corrected chi connectivity index (χ3v) is 2.07. The quantitative estimate of drug-likeness (QED) is 0.399. The summed E-state index contributed by atoms with van der Waals surface area (Å²) in [5.74, 6) is 5.73. The van der Waals surface area contributed by atoms with Crippen LogP contribution in [-0.4, -0.2) is 23.3 Å². The molecular formula is C14H21O3. The minimum absolute atomic E-state index is 0.299. The molecule has 0 fully saturated rings. The monoisotopic (exact) mass is 237 g/mol. The van der Waals surface area contributed by atoms with E-state index >= 15 is 0 Å². The van der Waals surface area contributed by atoms with Crippen molar-refractivity contribution in [2.75, 3.05) is 0 Å². The second-order valence-corrected chi connectivity index (χ2v) is 4.04. The van der Waals surface area contributed by atoms with Crippen molar-refractivity contribution in [1.29, 1.82) is 0 Å². The summed E-state index contributed by atoms with van der Waals surface area (Å²) in [5.41, 5.74) is -1.13. The van der Waals surface area contributed by atoms with Crippen LogP contribution in [-0.2, 0) is 9.53 Å². The Morgan fingerprint density at radius 3 is 2.82 bits per heavy atom.